The summed E-state index contributed by atoms with van der Waals surface area (Å²) in [6, 6.07) is 12.2. The number of aliphatic hydroxyl groups is 2. The van der Waals surface area contributed by atoms with E-state index in [1.807, 2.05) is 19.9 Å². The third-order valence-corrected chi connectivity index (χ3v) is 9.73. The third kappa shape index (κ3) is 5.60. The number of nitrogen functional groups attached to an aromatic ring is 1. The second-order valence-corrected chi connectivity index (χ2v) is 12.5. The normalized spacial score (nSPS) is 28.4. The second-order valence-electron chi connectivity index (χ2n) is 10.8. The summed E-state index contributed by atoms with van der Waals surface area (Å²) in [6.45, 7) is 5.70. The fourth-order valence-electron chi connectivity index (χ4n) is 5.28. The van der Waals surface area contributed by atoms with Gasteiger partial charge in [0.1, 0.15) is 53.6 Å². The van der Waals surface area contributed by atoms with Crippen molar-refractivity contribution in [3.63, 3.8) is 0 Å². The van der Waals surface area contributed by atoms with Crippen LogP contribution in [0.2, 0.25) is 0 Å². The molecule has 2 aromatic heterocycles. The second kappa shape index (κ2) is 11.8. The number of carbonyl (C=O) groups is 1. The molecule has 2 fully saturated rings. The van der Waals surface area contributed by atoms with Gasteiger partial charge < -0.3 is 29.9 Å². The lowest BCUT2D eigenvalue weighted by molar-refractivity contribution is -0.146. The summed E-state index contributed by atoms with van der Waals surface area (Å²) in [5.41, 5.74) is 2.73. The lowest BCUT2D eigenvalue weighted by Gasteiger charge is -2.25. The molecule has 7 atom stereocenters. The number of aliphatic hydroxyl groups excluding tert-OH is 2. The van der Waals surface area contributed by atoms with Crippen LogP contribution in [0.5, 0.6) is 5.75 Å². The van der Waals surface area contributed by atoms with E-state index in [1.54, 1.807) is 36.4 Å². The van der Waals surface area contributed by atoms with Gasteiger partial charge in [-0.25, -0.2) is 14.1 Å². The van der Waals surface area contributed by atoms with Gasteiger partial charge in [-0.1, -0.05) is 44.9 Å². The molecule has 1 unspecified atom stereocenters. The first-order valence-electron chi connectivity index (χ1n) is 14.1. The van der Waals surface area contributed by atoms with Gasteiger partial charge in [-0.15, -0.1) is 0 Å². The predicted octanol–water partition coefficient (Wildman–Crippen LogP) is 2.45. The molecule has 1 saturated heterocycles. The Balaban J connectivity index is 1.39. The number of hydrogen-bond acceptors (Lipinski definition) is 12. The van der Waals surface area contributed by atoms with Gasteiger partial charge in [-0.2, -0.15) is 15.4 Å². The molecule has 1 aromatic carbocycles. The molecule has 14 nitrogen and oxygen atoms in total. The zero-order valence-electron chi connectivity index (χ0n) is 24.0. The first kappa shape index (κ1) is 30.9. The number of nitrogens with zero attached hydrogens (tertiary/aromatic N) is 4. The molecular weight excluding hydrogens is 579 g/mol. The highest BCUT2D eigenvalue weighted by Gasteiger charge is 2.76. The number of nitrogens with two attached hydrogens (primary N) is 1. The van der Waals surface area contributed by atoms with E-state index in [9.17, 15) is 24.8 Å². The number of esters is 1. The molecule has 0 radical (unpaired) electrons. The van der Waals surface area contributed by atoms with Crippen LogP contribution in [0.25, 0.3) is 5.52 Å². The van der Waals surface area contributed by atoms with Crippen LogP contribution in [-0.2, 0) is 29.0 Å². The highest BCUT2D eigenvalue weighted by molar-refractivity contribution is 7.52. The van der Waals surface area contributed by atoms with Crippen LogP contribution in [0.4, 0.5) is 5.82 Å². The van der Waals surface area contributed by atoms with Gasteiger partial charge in [0.05, 0.1) is 12.3 Å². The van der Waals surface area contributed by atoms with E-state index in [1.165, 1.54) is 23.8 Å². The third-order valence-electron chi connectivity index (χ3n) is 8.04. The Bertz CT molecular complexity index is 1560. The summed E-state index contributed by atoms with van der Waals surface area (Å²) in [7, 11) is -4.34. The number of nitriles is 1. The largest absolute Gasteiger partial charge is 0.464 e. The summed E-state index contributed by atoms with van der Waals surface area (Å²) >= 11 is 0. The van der Waals surface area contributed by atoms with E-state index in [0.29, 0.717) is 5.52 Å². The van der Waals surface area contributed by atoms with Crippen LogP contribution in [-0.4, -0.2) is 67.3 Å². The van der Waals surface area contributed by atoms with Crippen LogP contribution in [0.15, 0.2) is 48.8 Å². The van der Waals surface area contributed by atoms with Crippen molar-refractivity contribution in [1.82, 2.24) is 19.7 Å². The van der Waals surface area contributed by atoms with Crippen molar-refractivity contribution in [3.8, 4) is 11.8 Å². The standard InChI is InChI=1S/C28H35N6O8P/c1-4-18(5-2)14-39-26(37)17(3)33-43(38,40-19-9-7-6-8-10-19)41-22-13-27(22)23(35)24(36)28(15-29,42-27)21-12-11-20-25(30)31-16-32-34(20)21/h6-12,16-18,22-24,35-36H,4-5,13-14H2,1-3H3,(H,33,38)(H2,30,31,32)/t17-,22-,23-,24+,27?,28-,43-/m0/s1. The summed E-state index contributed by atoms with van der Waals surface area (Å²) in [5, 5.41) is 39.4. The quantitative estimate of drug-likeness (QED) is 0.171. The predicted molar refractivity (Wildman–Crippen MR) is 152 cm³/mol. The smallest absolute Gasteiger partial charge is 0.459 e. The van der Waals surface area contributed by atoms with Crippen molar-refractivity contribution in [3.05, 3.63) is 54.5 Å². The molecule has 230 valence electrons. The molecule has 3 aromatic rings. The van der Waals surface area contributed by atoms with Gasteiger partial charge in [0.2, 0.25) is 5.60 Å². The minimum atomic E-state index is -4.34. The molecule has 0 bridgehead atoms. The van der Waals surface area contributed by atoms with E-state index in [2.05, 4.69) is 15.2 Å². The summed E-state index contributed by atoms with van der Waals surface area (Å²) < 4.78 is 38.7. The Morgan fingerprint density at radius 3 is 2.65 bits per heavy atom. The van der Waals surface area contributed by atoms with Crippen molar-refractivity contribution in [2.75, 3.05) is 12.3 Å². The Labute approximate surface area is 248 Å². The molecule has 43 heavy (non-hydrogen) atoms. The summed E-state index contributed by atoms with van der Waals surface area (Å²) in [6.07, 6.45) is -1.61. The topological polar surface area (TPSA) is 204 Å². The van der Waals surface area contributed by atoms with Gasteiger partial charge >= 0.3 is 13.7 Å². The molecule has 3 heterocycles. The zero-order chi connectivity index (χ0) is 31.0. The molecule has 5 N–H and O–H groups in total. The number of ether oxygens (including phenoxy) is 2. The monoisotopic (exact) mass is 614 g/mol. The number of fused-ring (bicyclic) bond motifs is 1. The van der Waals surface area contributed by atoms with E-state index in [-0.39, 0.29) is 36.2 Å². The molecular formula is C28H35N6O8P. The van der Waals surface area contributed by atoms with Gasteiger partial charge in [0, 0.05) is 6.42 Å². The highest BCUT2D eigenvalue weighted by Crippen LogP contribution is 2.62. The highest BCUT2D eigenvalue weighted by atomic mass is 31.2. The number of hydrogen-bond donors (Lipinski definition) is 4. The van der Waals surface area contributed by atoms with Gasteiger partial charge in [0.25, 0.3) is 0 Å². The van der Waals surface area contributed by atoms with Crippen LogP contribution < -0.4 is 15.3 Å². The molecule has 2 aliphatic rings. The van der Waals surface area contributed by atoms with Gasteiger partial charge in [0.15, 0.2) is 5.82 Å². The van der Waals surface area contributed by atoms with Crippen LogP contribution in [0, 0.1) is 17.2 Å². The molecule has 15 heteroatoms. The zero-order valence-corrected chi connectivity index (χ0v) is 24.9. The molecule has 0 amide bonds. The minimum Gasteiger partial charge on any atom is -0.464 e. The van der Waals surface area contributed by atoms with Gasteiger partial charge in [-0.05, 0) is 37.1 Å². The number of benzene rings is 1. The van der Waals surface area contributed by atoms with Crippen molar-refractivity contribution < 1.29 is 38.1 Å². The maximum absolute atomic E-state index is 14.1. The Morgan fingerprint density at radius 1 is 1.26 bits per heavy atom. The number of rotatable bonds is 12. The molecule has 1 aliphatic heterocycles. The lowest BCUT2D eigenvalue weighted by atomic mass is 9.92. The van der Waals surface area contributed by atoms with Crippen LogP contribution in [0.3, 0.4) is 0 Å². The minimum absolute atomic E-state index is 0.0353. The van der Waals surface area contributed by atoms with Crippen LogP contribution in [0.1, 0.15) is 45.7 Å². The average molecular weight is 615 g/mol. The first-order chi connectivity index (χ1) is 20.5. The fraction of sp³-hybridized carbons (Fsp3) is 0.500. The van der Waals surface area contributed by atoms with E-state index < -0.39 is 49.3 Å². The summed E-state index contributed by atoms with van der Waals surface area (Å²) in [4.78, 5) is 16.7. The number of nitrogens with one attached hydrogen (secondary N) is 1. The Hall–Kier alpha value is -3.57. The molecule has 1 aliphatic carbocycles. The van der Waals surface area contributed by atoms with Crippen molar-refractivity contribution in [2.45, 2.75) is 75.6 Å². The number of para-hydroxylation sites is 1. The average Bonchev–Trinajstić information content (AvgIpc) is 3.37. The van der Waals surface area contributed by atoms with Crippen molar-refractivity contribution in [2.24, 2.45) is 5.92 Å². The Kier molecular flexibility index (Phi) is 8.50. The molecule has 1 saturated carbocycles. The van der Waals surface area contributed by atoms with E-state index in [0.717, 1.165) is 12.8 Å². The molecule has 5 rings (SSSR count). The van der Waals surface area contributed by atoms with Crippen molar-refractivity contribution in [1.29, 1.82) is 5.26 Å². The summed E-state index contributed by atoms with van der Waals surface area (Å²) in [5.74, 6) is -0.112. The van der Waals surface area contributed by atoms with Crippen LogP contribution >= 0.6 is 7.75 Å². The molecule has 1 spiro atoms. The first-order valence-corrected chi connectivity index (χ1v) is 15.6. The number of carbonyl (C=O) groups excluding carboxylic acids is 1. The lowest BCUT2D eigenvalue weighted by Crippen LogP contribution is -2.41. The Morgan fingerprint density at radius 2 is 1.98 bits per heavy atom. The maximum atomic E-state index is 14.1. The van der Waals surface area contributed by atoms with Gasteiger partial charge in [-0.3, -0.25) is 9.32 Å². The van der Waals surface area contributed by atoms with Crippen molar-refractivity contribution >= 4 is 25.1 Å². The maximum Gasteiger partial charge on any atom is 0.459 e. The number of anilines is 1. The fourth-order valence-corrected chi connectivity index (χ4v) is 7.00. The SMILES string of the molecule is CCC(CC)COC(=O)[C@H](C)N[P@](=O)(Oc1ccccc1)O[C@H]1CC12O[C@@](C#N)(c1ccc3c(N)ncnn13)[C@H](O)[C@@H]2O. The van der Waals surface area contributed by atoms with E-state index >= 15 is 0 Å². The van der Waals surface area contributed by atoms with E-state index in [4.69, 9.17) is 24.3 Å². The number of aromatic nitrogens is 3.